The zero-order valence-corrected chi connectivity index (χ0v) is 11.4. The normalized spacial score (nSPS) is 24.4. The molecule has 1 fully saturated rings. The van der Waals surface area contributed by atoms with E-state index in [1.807, 2.05) is 12.1 Å². The Morgan fingerprint density at radius 2 is 2.25 bits per heavy atom. The third-order valence-corrected chi connectivity index (χ3v) is 3.89. The highest BCUT2D eigenvalue weighted by molar-refractivity contribution is 5.72. The molecule has 108 valence electrons. The first kappa shape index (κ1) is 13.4. The second-order valence-electron chi connectivity index (χ2n) is 5.33. The summed E-state index contributed by atoms with van der Waals surface area (Å²) in [5.41, 5.74) is 5.12. The maximum atomic E-state index is 11.6. The van der Waals surface area contributed by atoms with Gasteiger partial charge in [-0.3, -0.25) is 0 Å². The topological polar surface area (TPSA) is 59.6 Å². The average molecular weight is 276 g/mol. The van der Waals surface area contributed by atoms with Crippen LogP contribution < -0.4 is 10.8 Å². The molecule has 1 saturated heterocycles. The predicted octanol–water partition coefficient (Wildman–Crippen LogP) is 2.08. The van der Waals surface area contributed by atoms with Crippen molar-refractivity contribution in [2.45, 2.75) is 37.9 Å². The number of urea groups is 1. The lowest BCUT2D eigenvalue weighted by molar-refractivity contribution is -0.186. The van der Waals surface area contributed by atoms with E-state index in [9.17, 15) is 4.79 Å². The number of nitrogens with one attached hydrogen (secondary N) is 2. The van der Waals surface area contributed by atoms with Gasteiger partial charge in [-0.25, -0.2) is 15.1 Å². The summed E-state index contributed by atoms with van der Waals surface area (Å²) < 4.78 is 5.37. The van der Waals surface area contributed by atoms with Crippen molar-refractivity contribution in [1.82, 2.24) is 10.8 Å². The molecule has 0 spiro atoms. The Kier molecular flexibility index (Phi) is 4.18. The Bertz CT molecular complexity index is 472. The van der Waals surface area contributed by atoms with Gasteiger partial charge in [0, 0.05) is 25.5 Å². The molecule has 0 aromatic heterocycles. The molecule has 0 saturated carbocycles. The van der Waals surface area contributed by atoms with Gasteiger partial charge in [-0.05, 0) is 30.4 Å². The fraction of sp³-hybridized carbons (Fsp3) is 0.533. The van der Waals surface area contributed by atoms with Crippen LogP contribution in [0, 0.1) is 0 Å². The molecule has 5 heteroatoms. The Balaban J connectivity index is 1.36. The number of carbonyl (C=O) groups is 1. The Morgan fingerprint density at radius 1 is 1.35 bits per heavy atom. The van der Waals surface area contributed by atoms with Crippen molar-refractivity contribution >= 4 is 6.03 Å². The summed E-state index contributed by atoms with van der Waals surface area (Å²) in [7, 11) is 0. The number of hydrogen-bond acceptors (Lipinski definition) is 3. The van der Waals surface area contributed by atoms with Crippen LogP contribution >= 0.6 is 0 Å². The van der Waals surface area contributed by atoms with Crippen LogP contribution in [0.2, 0.25) is 0 Å². The van der Waals surface area contributed by atoms with Crippen LogP contribution in [-0.2, 0) is 16.0 Å². The third kappa shape index (κ3) is 3.11. The smallest absolute Gasteiger partial charge is 0.338 e. The van der Waals surface area contributed by atoms with E-state index in [1.54, 1.807) is 0 Å². The number of fused-ring (bicyclic) bond motifs is 1. The van der Waals surface area contributed by atoms with Gasteiger partial charge >= 0.3 is 6.03 Å². The Morgan fingerprint density at radius 3 is 3.05 bits per heavy atom. The number of benzene rings is 1. The van der Waals surface area contributed by atoms with Gasteiger partial charge in [0.05, 0.1) is 0 Å². The number of hydrogen-bond donors (Lipinski definition) is 2. The Labute approximate surface area is 118 Å². The van der Waals surface area contributed by atoms with Gasteiger partial charge < -0.3 is 10.1 Å². The molecule has 1 aromatic carbocycles. The van der Waals surface area contributed by atoms with Crippen molar-refractivity contribution in [2.75, 3.05) is 13.2 Å². The minimum Gasteiger partial charge on any atom is -0.350 e. The summed E-state index contributed by atoms with van der Waals surface area (Å²) in [4.78, 5) is 16.9. The first-order valence-electron chi connectivity index (χ1n) is 7.22. The average Bonchev–Trinajstić information content (AvgIpc) is 2.47. The van der Waals surface area contributed by atoms with E-state index >= 15 is 0 Å². The second-order valence-corrected chi connectivity index (χ2v) is 5.33. The van der Waals surface area contributed by atoms with Gasteiger partial charge in [0.25, 0.3) is 0 Å². The fourth-order valence-corrected chi connectivity index (χ4v) is 2.72. The molecule has 1 heterocycles. The van der Waals surface area contributed by atoms with Crippen LogP contribution in [-0.4, -0.2) is 25.5 Å². The summed E-state index contributed by atoms with van der Waals surface area (Å²) in [6.07, 6.45) is 3.69. The highest BCUT2D eigenvalue weighted by Gasteiger charge is 2.25. The van der Waals surface area contributed by atoms with E-state index < -0.39 is 0 Å². The summed E-state index contributed by atoms with van der Waals surface area (Å²) in [5, 5.41) is 2.83. The van der Waals surface area contributed by atoms with Crippen molar-refractivity contribution in [3.8, 4) is 0 Å². The fourth-order valence-electron chi connectivity index (χ4n) is 2.72. The molecule has 1 aliphatic heterocycles. The van der Waals surface area contributed by atoms with Crippen LogP contribution in [0.4, 0.5) is 4.79 Å². The first-order chi connectivity index (χ1) is 9.83. The molecule has 2 aliphatic rings. The van der Waals surface area contributed by atoms with Crippen LogP contribution in [0.3, 0.4) is 0 Å². The van der Waals surface area contributed by atoms with Crippen molar-refractivity contribution < 1.29 is 14.4 Å². The minimum absolute atomic E-state index is 0.302. The lowest BCUT2D eigenvalue weighted by Crippen LogP contribution is -2.42. The highest BCUT2D eigenvalue weighted by Crippen LogP contribution is 2.33. The minimum atomic E-state index is -0.307. The van der Waals surface area contributed by atoms with E-state index in [0.717, 1.165) is 25.7 Å². The molecule has 1 aliphatic carbocycles. The Hall–Kier alpha value is -1.59. The van der Waals surface area contributed by atoms with Gasteiger partial charge in [-0.1, -0.05) is 24.3 Å². The van der Waals surface area contributed by atoms with Gasteiger partial charge in [-0.15, -0.1) is 0 Å². The van der Waals surface area contributed by atoms with E-state index in [0.29, 0.717) is 19.1 Å². The van der Waals surface area contributed by atoms with Gasteiger partial charge in [0.2, 0.25) is 0 Å². The molecule has 20 heavy (non-hydrogen) atoms. The second kappa shape index (κ2) is 6.24. The van der Waals surface area contributed by atoms with Gasteiger partial charge in [0.15, 0.2) is 6.29 Å². The molecule has 0 unspecified atom stereocenters. The summed E-state index contributed by atoms with van der Waals surface area (Å²) in [5.74, 6) is 0.419. The third-order valence-electron chi connectivity index (χ3n) is 3.89. The number of hydroxylamine groups is 1. The van der Waals surface area contributed by atoms with E-state index in [4.69, 9.17) is 9.57 Å². The maximum absolute atomic E-state index is 11.6. The molecule has 0 radical (unpaired) electrons. The van der Waals surface area contributed by atoms with E-state index in [2.05, 4.69) is 22.9 Å². The van der Waals surface area contributed by atoms with Crippen molar-refractivity contribution in [2.24, 2.45) is 0 Å². The lowest BCUT2D eigenvalue weighted by atomic mass is 9.78. The van der Waals surface area contributed by atoms with Crippen LogP contribution in [0.5, 0.6) is 0 Å². The monoisotopic (exact) mass is 276 g/mol. The number of ether oxygens (including phenoxy) is 1. The molecule has 1 aromatic rings. The largest absolute Gasteiger partial charge is 0.350 e. The van der Waals surface area contributed by atoms with Crippen LogP contribution in [0.15, 0.2) is 24.3 Å². The lowest BCUT2D eigenvalue weighted by Gasteiger charge is -2.30. The van der Waals surface area contributed by atoms with Crippen molar-refractivity contribution in [3.63, 3.8) is 0 Å². The molecule has 0 bridgehead atoms. The predicted molar refractivity (Wildman–Crippen MR) is 74.1 cm³/mol. The summed E-state index contributed by atoms with van der Waals surface area (Å²) in [6, 6.07) is 8.04. The van der Waals surface area contributed by atoms with Crippen LogP contribution in [0.25, 0.3) is 0 Å². The SMILES string of the molecule is O=C(NC[C@@H]1Cc2ccccc21)NO[C@H]1CCCCO1. The highest BCUT2D eigenvalue weighted by atomic mass is 16.8. The molecule has 2 atom stereocenters. The van der Waals surface area contributed by atoms with Gasteiger partial charge in [0.1, 0.15) is 0 Å². The number of rotatable bonds is 4. The van der Waals surface area contributed by atoms with Crippen molar-refractivity contribution in [3.05, 3.63) is 35.4 Å². The number of carbonyl (C=O) groups excluding carboxylic acids is 1. The zero-order chi connectivity index (χ0) is 13.8. The summed E-state index contributed by atoms with van der Waals surface area (Å²) in [6.45, 7) is 1.34. The van der Waals surface area contributed by atoms with E-state index in [-0.39, 0.29) is 12.3 Å². The molecule has 3 rings (SSSR count). The quantitative estimate of drug-likeness (QED) is 0.828. The van der Waals surface area contributed by atoms with Gasteiger partial charge in [-0.2, -0.15) is 0 Å². The van der Waals surface area contributed by atoms with E-state index in [1.165, 1.54) is 11.1 Å². The molecule has 2 amide bonds. The molecule has 5 nitrogen and oxygen atoms in total. The maximum Gasteiger partial charge on any atom is 0.338 e. The molecular formula is C15H20N2O3. The summed E-state index contributed by atoms with van der Waals surface area (Å²) >= 11 is 0. The molecular weight excluding hydrogens is 256 g/mol. The standard InChI is InChI=1S/C15H20N2O3/c18-15(17-20-14-7-3-4-8-19-14)16-10-12-9-11-5-1-2-6-13(11)12/h1-2,5-6,12,14H,3-4,7-10H2,(H2,16,17,18)/t12-,14-/m0/s1. The van der Waals surface area contributed by atoms with Crippen LogP contribution in [0.1, 0.15) is 36.3 Å². The first-order valence-corrected chi connectivity index (χ1v) is 7.22. The molecule has 2 N–H and O–H groups in total. The number of amides is 2. The zero-order valence-electron chi connectivity index (χ0n) is 11.4. The van der Waals surface area contributed by atoms with Crippen molar-refractivity contribution in [1.29, 1.82) is 0 Å².